The third kappa shape index (κ3) is 3.36. The molecule has 1 fully saturated rings. The van der Waals surface area contributed by atoms with Crippen molar-refractivity contribution in [3.05, 3.63) is 53.3 Å². The van der Waals surface area contributed by atoms with Crippen LogP contribution in [0.15, 0.2) is 36.7 Å². The van der Waals surface area contributed by atoms with Gasteiger partial charge in [0, 0.05) is 38.9 Å². The Morgan fingerprint density at radius 2 is 1.73 bits per heavy atom. The van der Waals surface area contributed by atoms with Crippen LogP contribution in [-0.2, 0) is 6.54 Å². The minimum Gasteiger partial charge on any atom is -0.320 e. The van der Waals surface area contributed by atoms with E-state index < -0.39 is 0 Å². The van der Waals surface area contributed by atoms with Crippen LogP contribution in [0.25, 0.3) is 0 Å². The lowest BCUT2D eigenvalue weighted by Crippen LogP contribution is -2.49. The van der Waals surface area contributed by atoms with Gasteiger partial charge in [-0.25, -0.2) is 4.79 Å². The zero-order chi connectivity index (χ0) is 15.5. The van der Waals surface area contributed by atoms with Gasteiger partial charge in [0.2, 0.25) is 0 Å². The molecule has 5 heteroatoms. The van der Waals surface area contributed by atoms with E-state index in [1.54, 1.807) is 12.4 Å². The van der Waals surface area contributed by atoms with E-state index >= 15 is 0 Å². The number of aryl methyl sites for hydroxylation is 2. The highest BCUT2D eigenvalue weighted by molar-refractivity contribution is 5.76. The fourth-order valence-electron chi connectivity index (χ4n) is 2.71. The highest BCUT2D eigenvalue weighted by Gasteiger charge is 2.22. The zero-order valence-corrected chi connectivity index (χ0v) is 13.2. The number of amides is 1. The van der Waals surface area contributed by atoms with Gasteiger partial charge >= 0.3 is 6.03 Å². The number of piperazine rings is 1. The lowest BCUT2D eigenvalue weighted by Gasteiger charge is -2.34. The molecule has 5 nitrogen and oxygen atoms in total. The summed E-state index contributed by atoms with van der Waals surface area (Å²) in [6, 6.07) is 8.63. The molecule has 116 valence electrons. The summed E-state index contributed by atoms with van der Waals surface area (Å²) in [5.41, 5.74) is 3.62. The molecule has 2 aromatic rings. The molecule has 2 heterocycles. The number of carbonyl (C=O) groups is 1. The third-order valence-corrected chi connectivity index (χ3v) is 4.08. The van der Waals surface area contributed by atoms with Gasteiger partial charge < -0.3 is 4.90 Å². The Hall–Kier alpha value is -2.14. The van der Waals surface area contributed by atoms with E-state index in [4.69, 9.17) is 0 Å². The van der Waals surface area contributed by atoms with Gasteiger partial charge in [-0.3, -0.25) is 4.90 Å². The van der Waals surface area contributed by atoms with Gasteiger partial charge in [0.1, 0.15) is 0 Å². The second-order valence-electron chi connectivity index (χ2n) is 5.99. The van der Waals surface area contributed by atoms with Crippen molar-refractivity contribution < 1.29 is 4.79 Å². The second-order valence-corrected chi connectivity index (χ2v) is 5.99. The van der Waals surface area contributed by atoms with Crippen molar-refractivity contribution in [2.75, 3.05) is 26.2 Å². The van der Waals surface area contributed by atoms with E-state index in [1.807, 2.05) is 11.8 Å². The Bertz CT molecular complexity index is 639. The average Bonchev–Trinajstić information content (AvgIpc) is 2.96. The van der Waals surface area contributed by atoms with Gasteiger partial charge in [0.05, 0.1) is 6.20 Å². The molecule has 0 aliphatic carbocycles. The molecule has 1 amide bonds. The summed E-state index contributed by atoms with van der Waals surface area (Å²) < 4.78 is 1.44. The molecule has 22 heavy (non-hydrogen) atoms. The molecule has 0 spiro atoms. The first kappa shape index (κ1) is 14.8. The highest BCUT2D eigenvalue weighted by Crippen LogP contribution is 2.11. The summed E-state index contributed by atoms with van der Waals surface area (Å²) in [6.45, 7) is 8.30. The van der Waals surface area contributed by atoms with Crippen molar-refractivity contribution in [1.82, 2.24) is 19.6 Å². The van der Waals surface area contributed by atoms with Crippen molar-refractivity contribution in [2.24, 2.45) is 0 Å². The molecule has 1 aliphatic rings. The van der Waals surface area contributed by atoms with E-state index in [-0.39, 0.29) is 6.03 Å². The largest absolute Gasteiger partial charge is 0.344 e. The van der Waals surface area contributed by atoms with E-state index in [0.29, 0.717) is 0 Å². The summed E-state index contributed by atoms with van der Waals surface area (Å²) in [7, 11) is 0. The summed E-state index contributed by atoms with van der Waals surface area (Å²) in [6.07, 6.45) is 3.49. The highest BCUT2D eigenvalue weighted by atomic mass is 16.2. The Labute approximate surface area is 131 Å². The SMILES string of the molecule is Cc1ccc(CN2CCN(C(=O)n3cc(C)cn3)CC2)cc1. The maximum absolute atomic E-state index is 12.3. The maximum Gasteiger partial charge on any atom is 0.344 e. The number of rotatable bonds is 2. The first-order chi connectivity index (χ1) is 10.6. The Balaban J connectivity index is 1.54. The topological polar surface area (TPSA) is 41.4 Å². The fraction of sp³-hybridized carbons (Fsp3) is 0.412. The first-order valence-corrected chi connectivity index (χ1v) is 7.70. The third-order valence-electron chi connectivity index (χ3n) is 4.08. The lowest BCUT2D eigenvalue weighted by molar-refractivity contribution is 0.134. The monoisotopic (exact) mass is 298 g/mol. The van der Waals surface area contributed by atoms with Crippen molar-refractivity contribution in [1.29, 1.82) is 0 Å². The van der Waals surface area contributed by atoms with Crippen LogP contribution < -0.4 is 0 Å². The molecule has 1 aliphatic heterocycles. The van der Waals surface area contributed by atoms with Gasteiger partial charge in [-0.05, 0) is 25.0 Å². The Morgan fingerprint density at radius 1 is 1.05 bits per heavy atom. The molecule has 0 saturated carbocycles. The molecular weight excluding hydrogens is 276 g/mol. The van der Waals surface area contributed by atoms with Gasteiger partial charge in [0.15, 0.2) is 0 Å². The van der Waals surface area contributed by atoms with Crippen LogP contribution in [0.4, 0.5) is 4.79 Å². The Kier molecular flexibility index (Phi) is 4.24. The molecule has 0 N–H and O–H groups in total. The smallest absolute Gasteiger partial charge is 0.320 e. The van der Waals surface area contributed by atoms with Crippen molar-refractivity contribution in [3.63, 3.8) is 0 Å². The van der Waals surface area contributed by atoms with Gasteiger partial charge in [-0.15, -0.1) is 0 Å². The minimum absolute atomic E-state index is 0.0249. The van der Waals surface area contributed by atoms with Crippen LogP contribution in [0.1, 0.15) is 16.7 Å². The van der Waals surface area contributed by atoms with E-state index in [0.717, 1.165) is 38.3 Å². The van der Waals surface area contributed by atoms with E-state index in [1.165, 1.54) is 15.8 Å². The van der Waals surface area contributed by atoms with Gasteiger partial charge in [-0.2, -0.15) is 9.78 Å². The lowest BCUT2D eigenvalue weighted by atomic mass is 10.1. The van der Waals surface area contributed by atoms with Crippen LogP contribution >= 0.6 is 0 Å². The number of carbonyl (C=O) groups excluding carboxylic acids is 1. The van der Waals surface area contributed by atoms with Crippen molar-refractivity contribution >= 4 is 6.03 Å². The standard InChI is InChI=1S/C17H22N4O/c1-14-3-5-16(6-4-14)13-19-7-9-20(10-8-19)17(22)21-12-15(2)11-18-21/h3-6,11-12H,7-10,13H2,1-2H3. The molecule has 1 saturated heterocycles. The van der Waals surface area contributed by atoms with E-state index in [2.05, 4.69) is 41.2 Å². The quantitative estimate of drug-likeness (QED) is 0.854. The van der Waals surface area contributed by atoms with Crippen LogP contribution in [0.2, 0.25) is 0 Å². The molecule has 3 rings (SSSR count). The molecule has 0 unspecified atom stereocenters. The number of benzene rings is 1. The van der Waals surface area contributed by atoms with Crippen LogP contribution in [0, 0.1) is 13.8 Å². The normalized spacial score (nSPS) is 16.0. The molecule has 0 bridgehead atoms. The molecule has 1 aromatic heterocycles. The molecule has 1 aromatic carbocycles. The summed E-state index contributed by atoms with van der Waals surface area (Å²) in [5.74, 6) is 0. The zero-order valence-electron chi connectivity index (χ0n) is 13.2. The van der Waals surface area contributed by atoms with Gasteiger partial charge in [0.25, 0.3) is 0 Å². The average molecular weight is 298 g/mol. The van der Waals surface area contributed by atoms with E-state index in [9.17, 15) is 4.79 Å². The fourth-order valence-corrected chi connectivity index (χ4v) is 2.71. The second kappa shape index (κ2) is 6.32. The predicted octanol–water partition coefficient (Wildman–Crippen LogP) is 2.29. The van der Waals surface area contributed by atoms with Crippen LogP contribution in [-0.4, -0.2) is 51.8 Å². The number of aromatic nitrogens is 2. The maximum atomic E-state index is 12.3. The molecular formula is C17H22N4O. The van der Waals surface area contributed by atoms with Gasteiger partial charge in [-0.1, -0.05) is 29.8 Å². The Morgan fingerprint density at radius 3 is 2.32 bits per heavy atom. The minimum atomic E-state index is -0.0249. The predicted molar refractivity (Wildman–Crippen MR) is 85.8 cm³/mol. The van der Waals surface area contributed by atoms with Crippen molar-refractivity contribution in [2.45, 2.75) is 20.4 Å². The van der Waals surface area contributed by atoms with Crippen LogP contribution in [0.5, 0.6) is 0 Å². The van der Waals surface area contributed by atoms with Crippen LogP contribution in [0.3, 0.4) is 0 Å². The summed E-state index contributed by atoms with van der Waals surface area (Å²) in [5, 5.41) is 4.10. The number of hydrogen-bond acceptors (Lipinski definition) is 3. The summed E-state index contributed by atoms with van der Waals surface area (Å²) in [4.78, 5) is 16.6. The molecule has 0 atom stereocenters. The first-order valence-electron chi connectivity index (χ1n) is 7.70. The number of hydrogen-bond donors (Lipinski definition) is 0. The number of nitrogens with zero attached hydrogens (tertiary/aromatic N) is 4. The van der Waals surface area contributed by atoms with Crippen molar-refractivity contribution in [3.8, 4) is 0 Å². The summed E-state index contributed by atoms with van der Waals surface area (Å²) >= 11 is 0. The molecule has 0 radical (unpaired) electrons.